The zero-order chi connectivity index (χ0) is 14.7. The molecule has 1 rings (SSSR count). The second kappa shape index (κ2) is 6.27. The lowest BCUT2D eigenvalue weighted by molar-refractivity contribution is -0.128. The molecule has 1 amide bonds. The first-order chi connectivity index (χ1) is 8.64. The summed E-state index contributed by atoms with van der Waals surface area (Å²) in [6, 6.07) is 0. The van der Waals surface area contributed by atoms with Crippen LogP contribution in [0, 0.1) is 17.3 Å². The van der Waals surface area contributed by atoms with E-state index in [4.69, 9.17) is 0 Å². The standard InChI is InChI=1S/C14H26N2O2S/c1-13(2,8-14(3,4)19)9-16-12(18)11-6-15-5-10(11)7-17/h7,10-11,15,19H,5-6,8-9H2,1-4H3,(H,16,18). The molecule has 1 fully saturated rings. The van der Waals surface area contributed by atoms with Crippen LogP contribution in [0.15, 0.2) is 0 Å². The summed E-state index contributed by atoms with van der Waals surface area (Å²) in [5.41, 5.74) is -0.0103. The minimum Gasteiger partial charge on any atom is -0.355 e. The maximum Gasteiger partial charge on any atom is 0.225 e. The largest absolute Gasteiger partial charge is 0.355 e. The van der Waals surface area contributed by atoms with E-state index >= 15 is 0 Å². The topological polar surface area (TPSA) is 58.2 Å². The van der Waals surface area contributed by atoms with Gasteiger partial charge >= 0.3 is 0 Å². The van der Waals surface area contributed by atoms with Gasteiger partial charge in [-0.25, -0.2) is 0 Å². The van der Waals surface area contributed by atoms with E-state index in [1.165, 1.54) is 0 Å². The molecule has 19 heavy (non-hydrogen) atoms. The Labute approximate surface area is 121 Å². The number of hydrogen-bond acceptors (Lipinski definition) is 4. The van der Waals surface area contributed by atoms with Gasteiger partial charge in [0, 0.05) is 30.3 Å². The molecule has 0 aromatic carbocycles. The molecule has 2 atom stereocenters. The van der Waals surface area contributed by atoms with Gasteiger partial charge in [0.05, 0.1) is 5.92 Å². The normalized spacial score (nSPS) is 24.3. The fourth-order valence-corrected chi connectivity index (χ4v) is 3.25. The van der Waals surface area contributed by atoms with Crippen LogP contribution in [0.5, 0.6) is 0 Å². The first kappa shape index (κ1) is 16.5. The molecule has 1 saturated heterocycles. The highest BCUT2D eigenvalue weighted by molar-refractivity contribution is 7.81. The summed E-state index contributed by atoms with van der Waals surface area (Å²) in [4.78, 5) is 23.0. The van der Waals surface area contributed by atoms with Gasteiger partial charge in [0.2, 0.25) is 5.91 Å². The van der Waals surface area contributed by atoms with Crippen LogP contribution in [0.1, 0.15) is 34.1 Å². The molecule has 0 saturated carbocycles. The summed E-state index contributed by atoms with van der Waals surface area (Å²) in [6.45, 7) is 10.2. The number of thiol groups is 1. The molecule has 2 N–H and O–H groups in total. The minimum atomic E-state index is -0.225. The molecule has 4 nitrogen and oxygen atoms in total. The minimum absolute atomic E-state index is 0.0103. The summed E-state index contributed by atoms with van der Waals surface area (Å²) in [5, 5.41) is 6.07. The fourth-order valence-electron chi connectivity index (χ4n) is 2.82. The maximum atomic E-state index is 12.1. The van der Waals surface area contributed by atoms with Crippen molar-refractivity contribution >= 4 is 24.8 Å². The van der Waals surface area contributed by atoms with Crippen LogP contribution in [0.3, 0.4) is 0 Å². The predicted molar refractivity (Wildman–Crippen MR) is 80.4 cm³/mol. The Balaban J connectivity index is 2.47. The molecule has 1 aliphatic heterocycles. The highest BCUT2D eigenvalue weighted by Gasteiger charge is 2.34. The van der Waals surface area contributed by atoms with Crippen molar-refractivity contribution in [3.05, 3.63) is 0 Å². The van der Waals surface area contributed by atoms with Crippen molar-refractivity contribution in [3.8, 4) is 0 Å². The van der Waals surface area contributed by atoms with Crippen molar-refractivity contribution in [2.75, 3.05) is 19.6 Å². The Morgan fingerprint density at radius 2 is 2.00 bits per heavy atom. The highest BCUT2D eigenvalue weighted by Crippen LogP contribution is 2.31. The number of nitrogens with one attached hydrogen (secondary N) is 2. The summed E-state index contributed by atoms with van der Waals surface area (Å²) in [5.74, 6) is -0.436. The van der Waals surface area contributed by atoms with Crippen molar-refractivity contribution in [3.63, 3.8) is 0 Å². The first-order valence-electron chi connectivity index (χ1n) is 6.81. The third-order valence-corrected chi connectivity index (χ3v) is 3.58. The molecule has 1 heterocycles. The summed E-state index contributed by atoms with van der Waals surface area (Å²) < 4.78 is -0.0610. The summed E-state index contributed by atoms with van der Waals surface area (Å²) in [6.07, 6.45) is 1.79. The van der Waals surface area contributed by atoms with Crippen LogP contribution >= 0.6 is 12.6 Å². The third kappa shape index (κ3) is 5.53. The Bertz CT molecular complexity index is 337. The van der Waals surface area contributed by atoms with E-state index in [1.807, 2.05) is 0 Å². The Hall–Kier alpha value is -0.550. The molecule has 5 heteroatoms. The van der Waals surface area contributed by atoms with Gasteiger partial charge in [0.1, 0.15) is 6.29 Å². The van der Waals surface area contributed by atoms with Crippen LogP contribution in [0.4, 0.5) is 0 Å². The molecule has 0 aromatic rings. The van der Waals surface area contributed by atoms with Crippen molar-refractivity contribution in [2.45, 2.75) is 38.9 Å². The second-order valence-corrected chi connectivity index (χ2v) is 8.15. The van der Waals surface area contributed by atoms with Crippen molar-refractivity contribution in [1.29, 1.82) is 0 Å². The van der Waals surface area contributed by atoms with E-state index in [0.717, 1.165) is 12.7 Å². The van der Waals surface area contributed by atoms with Crippen LogP contribution in [-0.2, 0) is 9.59 Å². The van der Waals surface area contributed by atoms with Gasteiger partial charge in [0.15, 0.2) is 0 Å². The van der Waals surface area contributed by atoms with E-state index in [2.05, 4.69) is 51.0 Å². The predicted octanol–water partition coefficient (Wildman–Crippen LogP) is 1.26. The summed E-state index contributed by atoms with van der Waals surface area (Å²) >= 11 is 4.54. The lowest BCUT2D eigenvalue weighted by Crippen LogP contribution is -2.41. The zero-order valence-corrected chi connectivity index (χ0v) is 13.2. The number of aldehydes is 1. The van der Waals surface area contributed by atoms with Gasteiger partial charge < -0.3 is 15.4 Å². The SMILES string of the molecule is CC(C)(S)CC(C)(C)CNC(=O)C1CNCC1C=O. The molecular formula is C14H26N2O2S. The third-order valence-electron chi connectivity index (χ3n) is 3.43. The second-order valence-electron chi connectivity index (χ2n) is 6.94. The molecule has 0 aliphatic carbocycles. The molecular weight excluding hydrogens is 260 g/mol. The maximum absolute atomic E-state index is 12.1. The van der Waals surface area contributed by atoms with Crippen LogP contribution < -0.4 is 10.6 Å². The van der Waals surface area contributed by atoms with Crippen molar-refractivity contribution < 1.29 is 9.59 Å². The molecule has 0 radical (unpaired) electrons. The lowest BCUT2D eigenvalue weighted by atomic mass is 9.83. The van der Waals surface area contributed by atoms with E-state index in [1.54, 1.807) is 0 Å². The van der Waals surface area contributed by atoms with Crippen LogP contribution in [0.2, 0.25) is 0 Å². The Morgan fingerprint density at radius 1 is 1.37 bits per heavy atom. The number of amides is 1. The molecule has 0 bridgehead atoms. The molecule has 2 unspecified atom stereocenters. The Kier molecular flexibility index (Phi) is 5.44. The Morgan fingerprint density at radius 3 is 2.53 bits per heavy atom. The molecule has 110 valence electrons. The van der Waals surface area contributed by atoms with Gasteiger partial charge in [0.25, 0.3) is 0 Å². The van der Waals surface area contributed by atoms with Gasteiger partial charge in [-0.1, -0.05) is 27.7 Å². The number of carbonyl (C=O) groups excluding carboxylic acids is 2. The van der Waals surface area contributed by atoms with Crippen LogP contribution in [0.25, 0.3) is 0 Å². The van der Waals surface area contributed by atoms with E-state index in [0.29, 0.717) is 19.6 Å². The lowest BCUT2D eigenvalue weighted by Gasteiger charge is -2.32. The van der Waals surface area contributed by atoms with E-state index in [9.17, 15) is 9.59 Å². The molecule has 1 aliphatic rings. The quantitative estimate of drug-likeness (QED) is 0.509. The average Bonchev–Trinajstić information content (AvgIpc) is 2.70. The van der Waals surface area contributed by atoms with E-state index < -0.39 is 0 Å². The molecule has 0 spiro atoms. The van der Waals surface area contributed by atoms with Crippen molar-refractivity contribution in [1.82, 2.24) is 10.6 Å². The van der Waals surface area contributed by atoms with Gasteiger partial charge in [-0.15, -0.1) is 0 Å². The van der Waals surface area contributed by atoms with Crippen LogP contribution in [-0.4, -0.2) is 36.6 Å². The van der Waals surface area contributed by atoms with Gasteiger partial charge in [-0.05, 0) is 11.8 Å². The van der Waals surface area contributed by atoms with Gasteiger partial charge in [-0.2, -0.15) is 12.6 Å². The van der Waals surface area contributed by atoms with Crippen molar-refractivity contribution in [2.24, 2.45) is 17.3 Å². The smallest absolute Gasteiger partial charge is 0.225 e. The molecule has 0 aromatic heterocycles. The average molecular weight is 286 g/mol. The number of carbonyl (C=O) groups is 2. The number of rotatable bonds is 6. The monoisotopic (exact) mass is 286 g/mol. The number of hydrogen-bond donors (Lipinski definition) is 3. The highest BCUT2D eigenvalue weighted by atomic mass is 32.1. The summed E-state index contributed by atoms with van der Waals surface area (Å²) in [7, 11) is 0. The fraction of sp³-hybridized carbons (Fsp3) is 0.857. The first-order valence-corrected chi connectivity index (χ1v) is 7.25. The zero-order valence-electron chi connectivity index (χ0n) is 12.3. The van der Waals surface area contributed by atoms with E-state index in [-0.39, 0.29) is 27.9 Å². The van der Waals surface area contributed by atoms with Gasteiger partial charge in [-0.3, -0.25) is 4.79 Å².